The van der Waals surface area contributed by atoms with Crippen LogP contribution in [0.25, 0.3) is 0 Å². The predicted molar refractivity (Wildman–Crippen MR) is 80.5 cm³/mol. The first kappa shape index (κ1) is 20.7. The highest BCUT2D eigenvalue weighted by molar-refractivity contribution is 8.00. The highest BCUT2D eigenvalue weighted by Crippen LogP contribution is 2.41. The Morgan fingerprint density at radius 3 is 2.21 bits per heavy atom. The standard InChI is InChI=1S/C15H18F5NO2S/c1-5-8-9(14(22)23-6-2)12(15(18,19)20)21-10(13(16)17)11(8)24-7(3)4/h7,13H,5-6H2,1-4H3. The highest BCUT2D eigenvalue weighted by atomic mass is 32.2. The number of hydrogen-bond donors (Lipinski definition) is 0. The van der Waals surface area contributed by atoms with Crippen molar-refractivity contribution in [3.63, 3.8) is 0 Å². The maximum Gasteiger partial charge on any atom is 0.434 e. The molecule has 0 atom stereocenters. The van der Waals surface area contributed by atoms with Gasteiger partial charge in [-0.2, -0.15) is 13.2 Å². The minimum Gasteiger partial charge on any atom is -0.462 e. The van der Waals surface area contributed by atoms with Crippen molar-refractivity contribution in [3.8, 4) is 0 Å². The van der Waals surface area contributed by atoms with Gasteiger partial charge >= 0.3 is 12.1 Å². The Bertz CT molecular complexity index is 603. The molecule has 0 aliphatic heterocycles. The monoisotopic (exact) mass is 371 g/mol. The van der Waals surface area contributed by atoms with Gasteiger partial charge in [0, 0.05) is 10.1 Å². The molecule has 0 fully saturated rings. The fraction of sp³-hybridized carbons (Fsp3) is 0.600. The fourth-order valence-corrected chi connectivity index (χ4v) is 3.23. The van der Waals surface area contributed by atoms with E-state index < -0.39 is 35.5 Å². The number of halogens is 5. The van der Waals surface area contributed by atoms with Gasteiger partial charge in [0.1, 0.15) is 5.69 Å². The van der Waals surface area contributed by atoms with E-state index in [9.17, 15) is 26.7 Å². The van der Waals surface area contributed by atoms with E-state index >= 15 is 0 Å². The lowest BCUT2D eigenvalue weighted by Crippen LogP contribution is -2.22. The summed E-state index contributed by atoms with van der Waals surface area (Å²) in [5, 5.41) is -0.179. The predicted octanol–water partition coefficient (Wildman–Crippen LogP) is 5.28. The Morgan fingerprint density at radius 2 is 1.83 bits per heavy atom. The number of nitrogens with zero attached hydrogens (tertiary/aromatic N) is 1. The second-order valence-corrected chi connectivity index (χ2v) is 6.65. The first-order valence-electron chi connectivity index (χ1n) is 7.30. The van der Waals surface area contributed by atoms with Crippen LogP contribution in [0.15, 0.2) is 4.90 Å². The number of carbonyl (C=O) groups is 1. The molecule has 1 aromatic rings. The number of pyridine rings is 1. The van der Waals surface area contributed by atoms with Crippen LogP contribution < -0.4 is 0 Å². The molecule has 24 heavy (non-hydrogen) atoms. The van der Waals surface area contributed by atoms with Crippen LogP contribution >= 0.6 is 11.8 Å². The molecule has 0 radical (unpaired) electrons. The third kappa shape index (κ3) is 4.58. The van der Waals surface area contributed by atoms with E-state index in [-0.39, 0.29) is 28.7 Å². The molecule has 1 rings (SSSR count). The summed E-state index contributed by atoms with van der Waals surface area (Å²) in [6.07, 6.45) is -8.26. The summed E-state index contributed by atoms with van der Waals surface area (Å²) in [5.74, 6) is -1.21. The zero-order valence-electron chi connectivity index (χ0n) is 13.6. The van der Waals surface area contributed by atoms with Crippen molar-refractivity contribution in [1.29, 1.82) is 0 Å². The van der Waals surface area contributed by atoms with Crippen LogP contribution in [0.2, 0.25) is 0 Å². The molecule has 0 saturated carbocycles. The van der Waals surface area contributed by atoms with Gasteiger partial charge in [0.15, 0.2) is 5.69 Å². The van der Waals surface area contributed by atoms with Crippen LogP contribution in [0.3, 0.4) is 0 Å². The molecule has 0 unspecified atom stereocenters. The summed E-state index contributed by atoms with van der Waals surface area (Å²) in [7, 11) is 0. The minimum atomic E-state index is -5.04. The van der Waals surface area contributed by atoms with Crippen molar-refractivity contribution in [2.24, 2.45) is 0 Å². The van der Waals surface area contributed by atoms with Crippen molar-refractivity contribution >= 4 is 17.7 Å². The maximum atomic E-state index is 13.3. The molecular weight excluding hydrogens is 353 g/mol. The molecule has 1 heterocycles. The maximum absolute atomic E-state index is 13.3. The quantitative estimate of drug-likeness (QED) is 0.388. The number of hydrogen-bond acceptors (Lipinski definition) is 4. The Hall–Kier alpha value is -1.38. The lowest BCUT2D eigenvalue weighted by Gasteiger charge is -2.21. The van der Waals surface area contributed by atoms with E-state index in [0.29, 0.717) is 0 Å². The van der Waals surface area contributed by atoms with Gasteiger partial charge in [-0.25, -0.2) is 18.6 Å². The molecule has 0 N–H and O–H groups in total. The second kappa shape index (κ2) is 8.13. The third-order valence-electron chi connectivity index (χ3n) is 2.94. The minimum absolute atomic E-state index is 0.0332. The molecule has 0 aliphatic rings. The summed E-state index contributed by atoms with van der Waals surface area (Å²) in [4.78, 5) is 15.1. The van der Waals surface area contributed by atoms with Gasteiger partial charge in [0.2, 0.25) is 0 Å². The first-order chi connectivity index (χ1) is 11.0. The molecule has 0 spiro atoms. The number of esters is 1. The lowest BCUT2D eigenvalue weighted by molar-refractivity contribution is -0.142. The van der Waals surface area contributed by atoms with Crippen molar-refractivity contribution in [1.82, 2.24) is 4.98 Å². The molecule has 9 heteroatoms. The average molecular weight is 371 g/mol. The van der Waals surface area contributed by atoms with E-state index in [2.05, 4.69) is 4.98 Å². The summed E-state index contributed by atoms with van der Waals surface area (Å²) < 4.78 is 71.1. The SMILES string of the molecule is CCOC(=O)c1c(C(F)(F)F)nc(C(F)F)c(SC(C)C)c1CC. The molecule has 3 nitrogen and oxygen atoms in total. The van der Waals surface area contributed by atoms with E-state index in [1.54, 1.807) is 13.8 Å². The Kier molecular flexibility index (Phi) is 7.00. The van der Waals surface area contributed by atoms with Crippen LogP contribution in [0.4, 0.5) is 22.0 Å². The van der Waals surface area contributed by atoms with Crippen molar-refractivity contribution in [3.05, 3.63) is 22.5 Å². The average Bonchev–Trinajstić information content (AvgIpc) is 2.44. The number of rotatable bonds is 6. The summed E-state index contributed by atoms with van der Waals surface area (Å²) in [6, 6.07) is 0. The normalized spacial score (nSPS) is 12.1. The number of carbonyl (C=O) groups excluding carboxylic acids is 1. The van der Waals surface area contributed by atoms with Gasteiger partial charge < -0.3 is 4.74 Å². The van der Waals surface area contributed by atoms with E-state index in [0.717, 1.165) is 11.8 Å². The Balaban J connectivity index is 3.84. The van der Waals surface area contributed by atoms with Crippen LogP contribution in [-0.2, 0) is 17.3 Å². The van der Waals surface area contributed by atoms with Crippen LogP contribution in [-0.4, -0.2) is 22.8 Å². The number of alkyl halides is 5. The smallest absolute Gasteiger partial charge is 0.434 e. The fourth-order valence-electron chi connectivity index (χ4n) is 2.12. The van der Waals surface area contributed by atoms with Gasteiger partial charge in [-0.3, -0.25) is 0 Å². The summed E-state index contributed by atoms with van der Waals surface area (Å²) >= 11 is 0.956. The van der Waals surface area contributed by atoms with Gasteiger partial charge in [-0.15, -0.1) is 11.8 Å². The van der Waals surface area contributed by atoms with E-state index in [1.165, 1.54) is 13.8 Å². The van der Waals surface area contributed by atoms with E-state index in [4.69, 9.17) is 4.74 Å². The molecule has 0 amide bonds. The Labute approximate surface area is 141 Å². The zero-order chi connectivity index (χ0) is 18.7. The molecule has 0 aliphatic carbocycles. The topological polar surface area (TPSA) is 39.2 Å². The molecule has 0 bridgehead atoms. The number of aromatic nitrogens is 1. The van der Waals surface area contributed by atoms with Gasteiger partial charge in [-0.05, 0) is 18.9 Å². The van der Waals surface area contributed by atoms with E-state index in [1.807, 2.05) is 0 Å². The van der Waals surface area contributed by atoms with Crippen LogP contribution in [0, 0.1) is 0 Å². The molecule has 136 valence electrons. The second-order valence-electron chi connectivity index (χ2n) is 5.07. The molecule has 1 aromatic heterocycles. The van der Waals surface area contributed by atoms with Gasteiger partial charge in [-0.1, -0.05) is 20.8 Å². The summed E-state index contributed by atoms with van der Waals surface area (Å²) in [6.45, 7) is 6.23. The Morgan fingerprint density at radius 1 is 1.25 bits per heavy atom. The van der Waals surface area contributed by atoms with Crippen molar-refractivity contribution in [2.75, 3.05) is 6.61 Å². The number of thioether (sulfide) groups is 1. The third-order valence-corrected chi connectivity index (χ3v) is 4.10. The molecule has 0 saturated heterocycles. The largest absolute Gasteiger partial charge is 0.462 e. The van der Waals surface area contributed by atoms with Gasteiger partial charge in [0.25, 0.3) is 6.43 Å². The summed E-state index contributed by atoms with van der Waals surface area (Å²) in [5.41, 5.74) is -3.46. The van der Waals surface area contributed by atoms with Crippen molar-refractivity contribution < 1.29 is 31.5 Å². The molecule has 0 aromatic carbocycles. The molecular formula is C15H18F5NO2S. The lowest BCUT2D eigenvalue weighted by atomic mass is 10.0. The van der Waals surface area contributed by atoms with Crippen molar-refractivity contribution in [2.45, 2.75) is 56.9 Å². The number of ether oxygens (including phenoxy) is 1. The zero-order valence-corrected chi connectivity index (χ0v) is 14.4. The van der Waals surface area contributed by atoms with Crippen LogP contribution in [0.5, 0.6) is 0 Å². The first-order valence-corrected chi connectivity index (χ1v) is 8.18. The van der Waals surface area contributed by atoms with Crippen LogP contribution in [0.1, 0.15) is 61.4 Å². The van der Waals surface area contributed by atoms with Gasteiger partial charge in [0.05, 0.1) is 12.2 Å². The highest BCUT2D eigenvalue weighted by Gasteiger charge is 2.41.